The summed E-state index contributed by atoms with van der Waals surface area (Å²) in [6, 6.07) is 67.2. The second-order valence-electron chi connectivity index (χ2n) is 14.6. The Balaban J connectivity index is 1.23. The minimum atomic E-state index is -0.208. The van der Waals surface area contributed by atoms with Crippen LogP contribution in [0.2, 0.25) is 0 Å². The Bertz CT molecular complexity index is 2820. The maximum absolute atomic E-state index is 5.25. The van der Waals surface area contributed by atoms with Gasteiger partial charge in [0.1, 0.15) is 0 Å². The number of para-hydroxylation sites is 1. The quantitative estimate of drug-likeness (QED) is 0.180. The van der Waals surface area contributed by atoms with Crippen LogP contribution in [0.25, 0.3) is 84.0 Å². The fourth-order valence-electron chi connectivity index (χ4n) is 8.37. The lowest BCUT2D eigenvalue weighted by Gasteiger charge is -2.28. The van der Waals surface area contributed by atoms with Crippen molar-refractivity contribution >= 4 is 10.9 Å². The van der Waals surface area contributed by atoms with Crippen molar-refractivity contribution in [3.05, 3.63) is 199 Å². The van der Waals surface area contributed by atoms with Crippen LogP contribution in [0.1, 0.15) is 25.0 Å². The van der Waals surface area contributed by atoms with E-state index in [2.05, 4.69) is 188 Å². The normalized spacial score (nSPS) is 12.8. The van der Waals surface area contributed by atoms with E-state index in [9.17, 15) is 0 Å². The van der Waals surface area contributed by atoms with Gasteiger partial charge in [-0.25, -0.2) is 9.97 Å². The van der Waals surface area contributed by atoms with Gasteiger partial charge in [-0.3, -0.25) is 0 Å². The molecular formula is C51H37N3. The highest BCUT2D eigenvalue weighted by Crippen LogP contribution is 2.53. The predicted octanol–water partition coefficient (Wildman–Crippen LogP) is 13.1. The first-order valence-corrected chi connectivity index (χ1v) is 18.6. The summed E-state index contributed by atoms with van der Waals surface area (Å²) in [6.45, 7) is 4.72. The van der Waals surface area contributed by atoms with Crippen molar-refractivity contribution in [2.75, 3.05) is 0 Å². The van der Waals surface area contributed by atoms with E-state index in [1.165, 1.54) is 50.0 Å². The smallest absolute Gasteiger partial charge is 0.160 e. The van der Waals surface area contributed by atoms with E-state index in [1.807, 2.05) is 18.2 Å². The monoisotopic (exact) mass is 691 g/mol. The molecule has 3 heteroatoms. The average molecular weight is 692 g/mol. The Labute approximate surface area is 315 Å². The summed E-state index contributed by atoms with van der Waals surface area (Å²) in [4.78, 5) is 10.4. The SMILES string of the molecule is CC1(C)c2ccccc2-c2c(n(-c3ccccc3)c3ccc(-c4cc(-c5ccc(-c6ccccc6)cc5)nc(-c5ccccc5)n4)cc23)-c2ccccc21. The minimum Gasteiger partial charge on any atom is -0.309 e. The molecular weight excluding hydrogens is 655 g/mol. The third kappa shape index (κ3) is 5.20. The lowest BCUT2D eigenvalue weighted by Crippen LogP contribution is -2.20. The predicted molar refractivity (Wildman–Crippen MR) is 224 cm³/mol. The Morgan fingerprint density at radius 1 is 0.426 bits per heavy atom. The second-order valence-corrected chi connectivity index (χ2v) is 14.6. The fraction of sp³-hybridized carbons (Fsp3) is 0.0588. The standard InChI is InChI=1S/C51H37N3/c1-51(2)43-24-14-12-22-40(43)48-42-32-38(30-31-47(42)54(39-20-10-5-11-21-39)49(48)41-23-13-15-25-44(41)51)46-33-45(52-50(53-46)37-18-8-4-9-19-37)36-28-26-35(27-29-36)34-16-6-3-7-17-34/h3-33H,1-2H3. The molecule has 1 aliphatic carbocycles. The minimum absolute atomic E-state index is 0.208. The van der Waals surface area contributed by atoms with Crippen molar-refractivity contribution in [2.24, 2.45) is 0 Å². The molecule has 9 aromatic rings. The number of benzene rings is 7. The van der Waals surface area contributed by atoms with Gasteiger partial charge < -0.3 is 4.57 Å². The van der Waals surface area contributed by atoms with Crippen LogP contribution in [0.4, 0.5) is 0 Å². The highest BCUT2D eigenvalue weighted by Gasteiger charge is 2.36. The van der Waals surface area contributed by atoms with E-state index in [0.717, 1.165) is 39.3 Å². The van der Waals surface area contributed by atoms with Gasteiger partial charge >= 0.3 is 0 Å². The van der Waals surface area contributed by atoms with Crippen LogP contribution in [0, 0.1) is 0 Å². The third-order valence-electron chi connectivity index (χ3n) is 11.0. The van der Waals surface area contributed by atoms with E-state index < -0.39 is 0 Å². The fourth-order valence-corrected chi connectivity index (χ4v) is 8.37. The van der Waals surface area contributed by atoms with Crippen molar-refractivity contribution in [3.8, 4) is 73.1 Å². The average Bonchev–Trinajstić information content (AvgIpc) is 3.55. The van der Waals surface area contributed by atoms with Gasteiger partial charge in [0, 0.05) is 44.3 Å². The molecule has 0 radical (unpaired) electrons. The molecule has 2 aromatic heterocycles. The van der Waals surface area contributed by atoms with Crippen molar-refractivity contribution in [1.29, 1.82) is 0 Å². The Hall–Kier alpha value is -6.84. The van der Waals surface area contributed by atoms with E-state index >= 15 is 0 Å². The van der Waals surface area contributed by atoms with Gasteiger partial charge in [-0.2, -0.15) is 0 Å². The van der Waals surface area contributed by atoms with Crippen LogP contribution in [0.15, 0.2) is 188 Å². The summed E-state index contributed by atoms with van der Waals surface area (Å²) < 4.78 is 2.46. The molecule has 7 aromatic carbocycles. The number of hydrogen-bond donors (Lipinski definition) is 0. The van der Waals surface area contributed by atoms with Gasteiger partial charge in [-0.05, 0) is 58.1 Å². The molecule has 0 amide bonds. The molecule has 0 unspecified atom stereocenters. The van der Waals surface area contributed by atoms with Gasteiger partial charge in [0.05, 0.1) is 22.6 Å². The van der Waals surface area contributed by atoms with Crippen LogP contribution >= 0.6 is 0 Å². The molecule has 0 atom stereocenters. The van der Waals surface area contributed by atoms with Crippen LogP contribution < -0.4 is 0 Å². The zero-order valence-electron chi connectivity index (χ0n) is 30.2. The Morgan fingerprint density at radius 3 is 1.61 bits per heavy atom. The van der Waals surface area contributed by atoms with Crippen LogP contribution in [0.5, 0.6) is 0 Å². The van der Waals surface area contributed by atoms with E-state index in [0.29, 0.717) is 5.82 Å². The molecule has 0 saturated carbocycles. The molecule has 2 heterocycles. The molecule has 0 bridgehead atoms. The number of nitrogens with zero attached hydrogens (tertiary/aromatic N) is 3. The molecule has 0 saturated heterocycles. The second kappa shape index (κ2) is 12.7. The number of fused-ring (bicyclic) bond motifs is 7. The maximum atomic E-state index is 5.25. The summed E-state index contributed by atoms with van der Waals surface area (Å²) in [7, 11) is 0. The highest BCUT2D eigenvalue weighted by atomic mass is 15.0. The number of rotatable bonds is 5. The van der Waals surface area contributed by atoms with E-state index in [1.54, 1.807) is 0 Å². The summed E-state index contributed by atoms with van der Waals surface area (Å²) in [5.74, 6) is 0.706. The number of aromatic nitrogens is 3. The van der Waals surface area contributed by atoms with Crippen molar-refractivity contribution in [2.45, 2.75) is 19.3 Å². The van der Waals surface area contributed by atoms with Crippen molar-refractivity contribution in [1.82, 2.24) is 14.5 Å². The maximum Gasteiger partial charge on any atom is 0.160 e. The number of hydrogen-bond acceptors (Lipinski definition) is 2. The van der Waals surface area contributed by atoms with E-state index in [4.69, 9.17) is 9.97 Å². The molecule has 3 nitrogen and oxygen atoms in total. The summed E-state index contributed by atoms with van der Waals surface area (Å²) in [6.07, 6.45) is 0. The highest BCUT2D eigenvalue weighted by molar-refractivity contribution is 6.09. The van der Waals surface area contributed by atoms with Crippen LogP contribution in [-0.4, -0.2) is 14.5 Å². The topological polar surface area (TPSA) is 30.7 Å². The molecule has 1 aliphatic rings. The zero-order chi connectivity index (χ0) is 36.2. The first kappa shape index (κ1) is 31.9. The van der Waals surface area contributed by atoms with E-state index in [-0.39, 0.29) is 5.41 Å². The van der Waals surface area contributed by atoms with Gasteiger partial charge in [-0.15, -0.1) is 0 Å². The largest absolute Gasteiger partial charge is 0.309 e. The van der Waals surface area contributed by atoms with Gasteiger partial charge in [-0.1, -0.05) is 172 Å². The first-order valence-electron chi connectivity index (χ1n) is 18.6. The van der Waals surface area contributed by atoms with Gasteiger partial charge in [0.15, 0.2) is 5.82 Å². The lowest BCUT2D eigenvalue weighted by molar-refractivity contribution is 0.646. The van der Waals surface area contributed by atoms with Gasteiger partial charge in [0.2, 0.25) is 0 Å². The molecule has 10 rings (SSSR count). The van der Waals surface area contributed by atoms with Crippen LogP contribution in [0.3, 0.4) is 0 Å². The lowest BCUT2D eigenvalue weighted by atomic mass is 9.75. The molecule has 0 spiro atoms. The molecule has 0 N–H and O–H groups in total. The zero-order valence-corrected chi connectivity index (χ0v) is 30.2. The van der Waals surface area contributed by atoms with Gasteiger partial charge in [0.25, 0.3) is 0 Å². The van der Waals surface area contributed by atoms with Crippen LogP contribution in [-0.2, 0) is 5.41 Å². The summed E-state index contributed by atoms with van der Waals surface area (Å²) in [5, 5.41) is 1.19. The summed E-state index contributed by atoms with van der Waals surface area (Å²) >= 11 is 0. The van der Waals surface area contributed by atoms with Crippen molar-refractivity contribution < 1.29 is 0 Å². The summed E-state index contributed by atoms with van der Waals surface area (Å²) in [5.41, 5.74) is 16.9. The third-order valence-corrected chi connectivity index (χ3v) is 11.0. The van der Waals surface area contributed by atoms with Crippen molar-refractivity contribution in [3.63, 3.8) is 0 Å². The molecule has 0 aliphatic heterocycles. The molecule has 54 heavy (non-hydrogen) atoms. The molecule has 256 valence electrons. The Kier molecular flexibility index (Phi) is 7.48. The first-order chi connectivity index (χ1) is 26.5. The molecule has 0 fully saturated rings. The Morgan fingerprint density at radius 2 is 0.926 bits per heavy atom.